The van der Waals surface area contributed by atoms with Gasteiger partial charge in [0.15, 0.2) is 0 Å². The van der Waals surface area contributed by atoms with Crippen LogP contribution >= 0.6 is 0 Å². The van der Waals surface area contributed by atoms with Gasteiger partial charge in [0, 0.05) is 6.20 Å². The molecule has 1 N–H and O–H groups in total. The van der Waals surface area contributed by atoms with Crippen LogP contribution in [0, 0.1) is 0 Å². The van der Waals surface area contributed by atoms with E-state index in [4.69, 9.17) is 9.84 Å². The molecule has 20 heavy (non-hydrogen) atoms. The number of carbonyl (C=O) groups is 1. The molecule has 0 saturated carbocycles. The molecule has 2 aromatic rings. The van der Waals surface area contributed by atoms with Crippen molar-refractivity contribution in [2.75, 3.05) is 0 Å². The SMILES string of the molecule is C=CCc1ccccc1OCc1ccc(C(=O)O)cn1. The predicted octanol–water partition coefficient (Wildman–Crippen LogP) is 3.09. The van der Waals surface area contributed by atoms with Crippen LogP contribution in [0.1, 0.15) is 21.6 Å². The third kappa shape index (κ3) is 3.45. The van der Waals surface area contributed by atoms with Gasteiger partial charge in [0.05, 0.1) is 11.3 Å². The van der Waals surface area contributed by atoms with Crippen LogP contribution in [0.25, 0.3) is 0 Å². The molecule has 0 aliphatic carbocycles. The van der Waals surface area contributed by atoms with E-state index in [0.29, 0.717) is 12.3 Å². The van der Waals surface area contributed by atoms with Gasteiger partial charge >= 0.3 is 5.97 Å². The minimum atomic E-state index is -0.985. The zero-order valence-corrected chi connectivity index (χ0v) is 11.0. The Bertz CT molecular complexity index is 605. The molecule has 1 aromatic heterocycles. The van der Waals surface area contributed by atoms with Gasteiger partial charge in [-0.2, -0.15) is 0 Å². The number of hydrogen-bond acceptors (Lipinski definition) is 3. The summed E-state index contributed by atoms with van der Waals surface area (Å²) >= 11 is 0. The first-order valence-corrected chi connectivity index (χ1v) is 6.20. The van der Waals surface area contributed by atoms with Crippen molar-refractivity contribution in [3.8, 4) is 5.75 Å². The van der Waals surface area contributed by atoms with Crippen molar-refractivity contribution < 1.29 is 14.6 Å². The molecule has 1 heterocycles. The van der Waals surface area contributed by atoms with Crippen LogP contribution in [-0.4, -0.2) is 16.1 Å². The van der Waals surface area contributed by atoms with Crippen LogP contribution in [0.4, 0.5) is 0 Å². The number of carboxylic acids is 1. The first-order valence-electron chi connectivity index (χ1n) is 6.20. The summed E-state index contributed by atoms with van der Waals surface area (Å²) in [5.74, 6) is -0.196. The number of benzene rings is 1. The molecule has 0 spiro atoms. The Morgan fingerprint density at radius 1 is 1.30 bits per heavy atom. The highest BCUT2D eigenvalue weighted by atomic mass is 16.5. The van der Waals surface area contributed by atoms with Crippen LogP contribution in [-0.2, 0) is 13.0 Å². The number of para-hydroxylation sites is 1. The molecule has 0 bridgehead atoms. The second-order valence-corrected chi connectivity index (χ2v) is 4.23. The van der Waals surface area contributed by atoms with Gasteiger partial charge in [0.2, 0.25) is 0 Å². The Morgan fingerprint density at radius 2 is 2.10 bits per heavy atom. The molecule has 0 amide bonds. The van der Waals surface area contributed by atoms with E-state index < -0.39 is 5.97 Å². The lowest BCUT2D eigenvalue weighted by Gasteiger charge is -2.10. The molecule has 4 nitrogen and oxygen atoms in total. The Balaban J connectivity index is 2.05. The lowest BCUT2D eigenvalue weighted by molar-refractivity contribution is 0.0696. The van der Waals surface area contributed by atoms with Crippen molar-refractivity contribution in [2.24, 2.45) is 0 Å². The minimum absolute atomic E-state index is 0.167. The number of aromatic nitrogens is 1. The number of aromatic carboxylic acids is 1. The molecule has 0 radical (unpaired) electrons. The van der Waals surface area contributed by atoms with Gasteiger partial charge in [-0.1, -0.05) is 24.3 Å². The van der Waals surface area contributed by atoms with Crippen molar-refractivity contribution in [3.63, 3.8) is 0 Å². The topological polar surface area (TPSA) is 59.4 Å². The Labute approximate surface area is 117 Å². The van der Waals surface area contributed by atoms with Crippen molar-refractivity contribution in [2.45, 2.75) is 13.0 Å². The molecule has 1 aromatic carbocycles. The van der Waals surface area contributed by atoms with Gasteiger partial charge in [-0.05, 0) is 30.2 Å². The van der Waals surface area contributed by atoms with E-state index in [-0.39, 0.29) is 5.56 Å². The van der Waals surface area contributed by atoms with Gasteiger partial charge in [-0.15, -0.1) is 6.58 Å². The summed E-state index contributed by atoms with van der Waals surface area (Å²) in [6.07, 6.45) is 3.89. The molecule has 0 unspecified atom stereocenters. The van der Waals surface area contributed by atoms with Crippen LogP contribution in [0.5, 0.6) is 5.75 Å². The van der Waals surface area contributed by atoms with Crippen molar-refractivity contribution in [1.82, 2.24) is 4.98 Å². The summed E-state index contributed by atoms with van der Waals surface area (Å²) < 4.78 is 5.72. The van der Waals surface area contributed by atoms with Gasteiger partial charge in [0.25, 0.3) is 0 Å². The molecular formula is C16H15NO3. The quantitative estimate of drug-likeness (QED) is 0.819. The maximum Gasteiger partial charge on any atom is 0.337 e. The zero-order valence-electron chi connectivity index (χ0n) is 11.0. The molecule has 0 fully saturated rings. The summed E-state index contributed by atoms with van der Waals surface area (Å²) in [7, 11) is 0. The van der Waals surface area contributed by atoms with Crippen molar-refractivity contribution >= 4 is 5.97 Å². The van der Waals surface area contributed by atoms with Gasteiger partial charge in [-0.3, -0.25) is 4.98 Å². The Morgan fingerprint density at radius 3 is 2.75 bits per heavy atom. The van der Waals surface area contributed by atoms with E-state index in [2.05, 4.69) is 11.6 Å². The fourth-order valence-corrected chi connectivity index (χ4v) is 1.76. The monoisotopic (exact) mass is 269 g/mol. The standard InChI is InChI=1S/C16H15NO3/c1-2-5-12-6-3-4-7-15(12)20-11-14-9-8-13(10-17-14)16(18)19/h2-4,6-10H,1,5,11H2,(H,18,19). The van der Waals surface area contributed by atoms with Crippen LogP contribution in [0.3, 0.4) is 0 Å². The average molecular weight is 269 g/mol. The third-order valence-electron chi connectivity index (χ3n) is 2.78. The molecule has 0 aliphatic heterocycles. The van der Waals surface area contributed by atoms with E-state index in [9.17, 15) is 4.79 Å². The van der Waals surface area contributed by atoms with Crippen LogP contribution in [0.2, 0.25) is 0 Å². The Kier molecular flexibility index (Phi) is 4.50. The second kappa shape index (κ2) is 6.52. The number of rotatable bonds is 6. The van der Waals surface area contributed by atoms with Gasteiger partial charge in [0.1, 0.15) is 12.4 Å². The lowest BCUT2D eigenvalue weighted by atomic mass is 10.1. The summed E-state index contributed by atoms with van der Waals surface area (Å²) in [5.41, 5.74) is 1.91. The number of pyridine rings is 1. The fraction of sp³-hybridized carbons (Fsp3) is 0.125. The van der Waals surface area contributed by atoms with E-state index in [1.54, 1.807) is 6.07 Å². The highest BCUT2D eigenvalue weighted by molar-refractivity contribution is 5.87. The highest BCUT2D eigenvalue weighted by Crippen LogP contribution is 2.19. The van der Waals surface area contributed by atoms with Gasteiger partial charge < -0.3 is 9.84 Å². The number of ether oxygens (including phenoxy) is 1. The largest absolute Gasteiger partial charge is 0.487 e. The smallest absolute Gasteiger partial charge is 0.337 e. The average Bonchev–Trinajstić information content (AvgIpc) is 2.47. The second-order valence-electron chi connectivity index (χ2n) is 4.23. The molecule has 4 heteroatoms. The fourth-order valence-electron chi connectivity index (χ4n) is 1.76. The summed E-state index contributed by atoms with van der Waals surface area (Å²) in [5, 5.41) is 8.80. The first kappa shape index (κ1) is 13.8. The maximum atomic E-state index is 10.7. The van der Waals surface area contributed by atoms with Crippen LogP contribution in [0.15, 0.2) is 55.3 Å². The third-order valence-corrected chi connectivity index (χ3v) is 2.78. The normalized spacial score (nSPS) is 10.0. The number of allylic oxidation sites excluding steroid dienone is 1. The summed E-state index contributed by atoms with van der Waals surface area (Å²) in [4.78, 5) is 14.8. The van der Waals surface area contributed by atoms with E-state index in [1.165, 1.54) is 12.3 Å². The minimum Gasteiger partial charge on any atom is -0.487 e. The van der Waals surface area contributed by atoms with Crippen molar-refractivity contribution in [3.05, 3.63) is 72.1 Å². The maximum absolute atomic E-state index is 10.7. The predicted molar refractivity (Wildman–Crippen MR) is 75.9 cm³/mol. The van der Waals surface area contributed by atoms with Crippen molar-refractivity contribution in [1.29, 1.82) is 0 Å². The molecule has 0 aliphatic rings. The molecule has 0 saturated heterocycles. The number of carboxylic acid groups (broad SMARTS) is 1. The first-order chi connectivity index (χ1) is 9.70. The highest BCUT2D eigenvalue weighted by Gasteiger charge is 2.05. The van der Waals surface area contributed by atoms with E-state index >= 15 is 0 Å². The van der Waals surface area contributed by atoms with E-state index in [0.717, 1.165) is 17.7 Å². The van der Waals surface area contributed by atoms with Gasteiger partial charge in [-0.25, -0.2) is 4.79 Å². The summed E-state index contributed by atoms with van der Waals surface area (Å²) in [6, 6.07) is 10.9. The number of nitrogens with zero attached hydrogens (tertiary/aromatic N) is 1. The lowest BCUT2D eigenvalue weighted by Crippen LogP contribution is -2.02. The zero-order chi connectivity index (χ0) is 14.4. The Hall–Kier alpha value is -2.62. The van der Waals surface area contributed by atoms with E-state index in [1.807, 2.05) is 30.3 Å². The molecular weight excluding hydrogens is 254 g/mol. The molecule has 102 valence electrons. The molecule has 0 atom stereocenters. The summed E-state index contributed by atoms with van der Waals surface area (Å²) in [6.45, 7) is 4.02. The molecule has 2 rings (SSSR count). The van der Waals surface area contributed by atoms with Crippen LogP contribution < -0.4 is 4.74 Å². The number of hydrogen-bond donors (Lipinski definition) is 1.